The van der Waals surface area contributed by atoms with Gasteiger partial charge in [0.1, 0.15) is 0 Å². The van der Waals surface area contributed by atoms with Gasteiger partial charge in [-0.15, -0.1) is 0 Å². The summed E-state index contributed by atoms with van der Waals surface area (Å²) < 4.78 is 32.8. The predicted octanol–water partition coefficient (Wildman–Crippen LogP) is 5.51. The summed E-state index contributed by atoms with van der Waals surface area (Å²) in [5.41, 5.74) is 0. The minimum atomic E-state index is 0.523. The molecule has 0 amide bonds. The topological polar surface area (TPSA) is 55.4 Å². The normalized spacial score (nSPS) is 46.5. The van der Waals surface area contributed by atoms with E-state index in [1.165, 1.54) is 77.0 Å². The highest BCUT2D eigenvalue weighted by Crippen LogP contribution is 2.48. The second-order valence-electron chi connectivity index (χ2n) is 12.1. The third-order valence-electron chi connectivity index (χ3n) is 11.0. The summed E-state index contributed by atoms with van der Waals surface area (Å²) in [4.78, 5) is 0. The molecule has 0 aromatic rings. The summed E-state index contributed by atoms with van der Waals surface area (Å²) >= 11 is 0. The zero-order chi connectivity index (χ0) is 25.7. The average molecular weight is 511 g/mol. The number of methoxy groups -OCH3 is 6. The Morgan fingerprint density at radius 1 is 0.250 bits per heavy atom. The molecule has 0 N–H and O–H groups in total. The quantitative estimate of drug-likeness (QED) is 0.470. The molecule has 0 unspecified atom stereocenters. The van der Waals surface area contributed by atoms with E-state index in [1.807, 2.05) is 42.7 Å². The van der Waals surface area contributed by atoms with Crippen LogP contribution in [0.25, 0.3) is 0 Å². The van der Waals surface area contributed by atoms with Crippen molar-refractivity contribution in [2.45, 2.75) is 114 Å². The third kappa shape index (κ3) is 5.99. The van der Waals surface area contributed by atoms with Crippen molar-refractivity contribution in [3.8, 4) is 0 Å². The van der Waals surface area contributed by atoms with E-state index >= 15 is 0 Å². The lowest BCUT2D eigenvalue weighted by molar-refractivity contribution is 0.0444. The van der Waals surface area contributed by atoms with Gasteiger partial charge in [-0.1, -0.05) is 0 Å². The molecule has 0 aromatic heterocycles. The van der Waals surface area contributed by atoms with Crippen LogP contribution in [0.1, 0.15) is 77.0 Å². The first kappa shape index (κ1) is 28.8. The van der Waals surface area contributed by atoms with Gasteiger partial charge in [0.15, 0.2) is 0 Å². The smallest absolute Gasteiger partial charge is 0.0603 e. The van der Waals surface area contributed by atoms with Gasteiger partial charge in [0.2, 0.25) is 0 Å². The van der Waals surface area contributed by atoms with Crippen LogP contribution in [0.3, 0.4) is 0 Å². The molecule has 0 heterocycles. The van der Waals surface area contributed by atoms with E-state index < -0.39 is 0 Å². The van der Waals surface area contributed by atoms with E-state index in [-0.39, 0.29) is 0 Å². The van der Waals surface area contributed by atoms with Gasteiger partial charge in [0.05, 0.1) is 36.6 Å². The second-order valence-corrected chi connectivity index (χ2v) is 12.1. The van der Waals surface area contributed by atoms with Crippen molar-refractivity contribution in [1.82, 2.24) is 0 Å². The van der Waals surface area contributed by atoms with E-state index in [9.17, 15) is 0 Å². The van der Waals surface area contributed by atoms with Crippen molar-refractivity contribution in [1.29, 1.82) is 0 Å². The summed E-state index contributed by atoms with van der Waals surface area (Å²) in [6.07, 6.45) is 18.4. The number of hydrogen-bond donors (Lipinski definition) is 0. The Morgan fingerprint density at radius 2 is 0.389 bits per heavy atom. The average Bonchev–Trinajstić information content (AvgIpc) is 3.72. The fourth-order valence-electron chi connectivity index (χ4n) is 9.23. The molecule has 210 valence electrons. The minimum absolute atomic E-state index is 0.523. The Kier molecular flexibility index (Phi) is 11.0. The van der Waals surface area contributed by atoms with Crippen molar-refractivity contribution >= 4 is 0 Å². The molecule has 0 bridgehead atoms. The van der Waals surface area contributed by atoms with Crippen LogP contribution in [0, 0.1) is 35.5 Å². The number of hydrogen-bond acceptors (Lipinski definition) is 6. The second kappa shape index (κ2) is 13.7. The van der Waals surface area contributed by atoms with Crippen LogP contribution in [-0.4, -0.2) is 79.3 Å². The van der Waals surface area contributed by atoms with E-state index in [1.54, 1.807) is 0 Å². The zero-order valence-corrected chi connectivity index (χ0v) is 23.9. The van der Waals surface area contributed by atoms with Gasteiger partial charge in [0, 0.05) is 42.7 Å². The van der Waals surface area contributed by atoms with Gasteiger partial charge in [-0.25, -0.2) is 0 Å². The molecule has 6 aliphatic rings. The lowest BCUT2D eigenvalue weighted by atomic mass is 9.98. The fraction of sp³-hybridized carbons (Fsp3) is 1.00. The number of ether oxygens (including phenoxy) is 6. The van der Waals surface area contributed by atoms with Crippen molar-refractivity contribution in [3.63, 3.8) is 0 Å². The predicted molar refractivity (Wildman–Crippen MR) is 141 cm³/mol. The van der Waals surface area contributed by atoms with Gasteiger partial charge < -0.3 is 28.4 Å². The minimum Gasteiger partial charge on any atom is -0.381 e. The summed E-state index contributed by atoms with van der Waals surface area (Å²) in [6, 6.07) is 0. The van der Waals surface area contributed by atoms with Crippen LogP contribution in [-0.2, 0) is 28.4 Å². The molecule has 6 heteroatoms. The zero-order valence-electron chi connectivity index (χ0n) is 23.9. The maximum atomic E-state index is 5.46. The first-order chi connectivity index (χ1) is 17.6. The number of rotatable bonds is 6. The van der Waals surface area contributed by atoms with Gasteiger partial charge in [-0.05, 0) is 113 Å². The molecule has 0 spiro atoms. The maximum absolute atomic E-state index is 5.46. The van der Waals surface area contributed by atoms with E-state index in [0.29, 0.717) is 36.6 Å². The molecule has 6 nitrogen and oxygen atoms in total. The van der Waals surface area contributed by atoms with Crippen molar-refractivity contribution in [2.24, 2.45) is 35.5 Å². The molecule has 0 aromatic carbocycles. The van der Waals surface area contributed by atoms with Gasteiger partial charge in [-0.2, -0.15) is 0 Å². The fourth-order valence-corrected chi connectivity index (χ4v) is 9.23. The molecule has 12 atom stereocenters. The molecule has 6 fully saturated rings. The molecule has 0 aliphatic heterocycles. The third-order valence-corrected chi connectivity index (χ3v) is 11.0. The summed E-state index contributed by atoms with van der Waals surface area (Å²) in [5.74, 6) is 4.75. The summed E-state index contributed by atoms with van der Waals surface area (Å²) in [5, 5.41) is 0. The highest BCUT2D eigenvalue weighted by molar-refractivity contribution is 4.97. The molecule has 36 heavy (non-hydrogen) atoms. The standard InChI is InChI=1S/3C10H18O2/c3*1-11-9-5-3-8-7(9)4-6-10(8)12-2/h3*7-10H,3-6H2,1-2H3/t7-,8-,9+,10+;7-,8-,9-,10+;7-,8-,9-,10-/m000/s1. The van der Waals surface area contributed by atoms with Crippen molar-refractivity contribution < 1.29 is 28.4 Å². The Bertz CT molecular complexity index is 505. The van der Waals surface area contributed by atoms with Crippen LogP contribution >= 0.6 is 0 Å². The molecule has 0 saturated heterocycles. The van der Waals surface area contributed by atoms with Gasteiger partial charge in [-0.3, -0.25) is 0 Å². The Morgan fingerprint density at radius 3 is 0.500 bits per heavy atom. The van der Waals surface area contributed by atoms with E-state index in [0.717, 1.165) is 35.5 Å². The first-order valence-corrected chi connectivity index (χ1v) is 14.8. The monoisotopic (exact) mass is 510 g/mol. The SMILES string of the molecule is CO[C@@H]1CC[C@H]2[C@@H]1CC[C@H]2OC.CO[C@H]1CC[C@H]2[C@@H]1CC[C@@H]2OC.CO[C@H]1CC[C@H]2[C@@H]1CC[C@H]2OC. The Hall–Kier alpha value is -0.240. The molecular weight excluding hydrogens is 456 g/mol. The van der Waals surface area contributed by atoms with Crippen LogP contribution in [0.15, 0.2) is 0 Å². The summed E-state index contributed by atoms with van der Waals surface area (Å²) in [6.45, 7) is 0. The molecular formula is C30H54O6. The highest BCUT2D eigenvalue weighted by atomic mass is 16.5. The van der Waals surface area contributed by atoms with Crippen molar-refractivity contribution in [3.05, 3.63) is 0 Å². The first-order valence-electron chi connectivity index (χ1n) is 14.8. The Balaban J connectivity index is 0.000000127. The van der Waals surface area contributed by atoms with Gasteiger partial charge in [0.25, 0.3) is 0 Å². The van der Waals surface area contributed by atoms with Crippen LogP contribution in [0.2, 0.25) is 0 Å². The molecule has 6 rings (SSSR count). The molecule has 0 radical (unpaired) electrons. The lowest BCUT2D eigenvalue weighted by Gasteiger charge is -2.18. The van der Waals surface area contributed by atoms with Crippen molar-refractivity contribution in [2.75, 3.05) is 42.7 Å². The lowest BCUT2D eigenvalue weighted by Crippen LogP contribution is -2.21. The number of fused-ring (bicyclic) bond motifs is 3. The maximum Gasteiger partial charge on any atom is 0.0603 e. The molecule has 6 aliphatic carbocycles. The van der Waals surface area contributed by atoms with E-state index in [4.69, 9.17) is 28.4 Å². The Labute approximate surface area is 220 Å². The highest BCUT2D eigenvalue weighted by Gasteiger charge is 2.46. The van der Waals surface area contributed by atoms with Crippen LogP contribution in [0.5, 0.6) is 0 Å². The van der Waals surface area contributed by atoms with Crippen LogP contribution < -0.4 is 0 Å². The van der Waals surface area contributed by atoms with Gasteiger partial charge >= 0.3 is 0 Å². The van der Waals surface area contributed by atoms with E-state index in [2.05, 4.69) is 0 Å². The summed E-state index contributed by atoms with van der Waals surface area (Å²) in [7, 11) is 11.0. The van der Waals surface area contributed by atoms with Crippen LogP contribution in [0.4, 0.5) is 0 Å². The largest absolute Gasteiger partial charge is 0.381 e. The molecule has 6 saturated carbocycles.